The lowest BCUT2D eigenvalue weighted by Crippen LogP contribution is -2.52. The maximum Gasteiger partial charge on any atom is 0.277 e. The first-order valence-electron chi connectivity index (χ1n) is 6.04. The summed E-state index contributed by atoms with van der Waals surface area (Å²) in [7, 11) is -1.88. The van der Waals surface area contributed by atoms with Crippen molar-refractivity contribution < 1.29 is 13.2 Å². The second-order valence-corrected chi connectivity index (χ2v) is 5.88. The molecule has 1 heterocycles. The number of methoxy groups -OCH3 is 1. The van der Waals surface area contributed by atoms with Crippen molar-refractivity contribution in [1.82, 2.24) is 14.8 Å². The second-order valence-electron chi connectivity index (χ2n) is 4.35. The Hall–Kier alpha value is -0.210. The van der Waals surface area contributed by atoms with Gasteiger partial charge in [-0.15, -0.1) is 0 Å². The molecule has 0 spiro atoms. The molecule has 2 atom stereocenters. The van der Waals surface area contributed by atoms with Crippen molar-refractivity contribution in [2.45, 2.75) is 38.3 Å². The molecule has 6 nitrogen and oxygen atoms in total. The summed E-state index contributed by atoms with van der Waals surface area (Å²) in [4.78, 5) is 0. The van der Waals surface area contributed by atoms with E-state index in [-0.39, 0.29) is 18.6 Å². The predicted molar refractivity (Wildman–Crippen MR) is 67.0 cm³/mol. The number of hydrogen-bond acceptors (Lipinski definition) is 4. The standard InChI is InChI=1S/C10H23N3O3S/c1-9(10-5-3-4-6-11-10)13-17(14,15)12-7-8-16-2/h9-13H,3-8H2,1-2H3. The van der Waals surface area contributed by atoms with E-state index in [1.807, 2.05) is 6.92 Å². The molecule has 0 aromatic heterocycles. The van der Waals surface area contributed by atoms with Crippen molar-refractivity contribution in [3.05, 3.63) is 0 Å². The monoisotopic (exact) mass is 265 g/mol. The van der Waals surface area contributed by atoms with E-state index in [0.717, 1.165) is 19.4 Å². The first kappa shape index (κ1) is 14.8. The fraction of sp³-hybridized carbons (Fsp3) is 1.00. The van der Waals surface area contributed by atoms with E-state index in [1.165, 1.54) is 13.5 Å². The van der Waals surface area contributed by atoms with Crippen LogP contribution in [0, 0.1) is 0 Å². The molecular weight excluding hydrogens is 242 g/mol. The molecule has 17 heavy (non-hydrogen) atoms. The highest BCUT2D eigenvalue weighted by atomic mass is 32.2. The van der Waals surface area contributed by atoms with Crippen LogP contribution in [0.3, 0.4) is 0 Å². The maximum atomic E-state index is 11.7. The third-order valence-corrected chi connectivity index (χ3v) is 4.16. The Morgan fingerprint density at radius 3 is 2.82 bits per heavy atom. The Bertz CT molecular complexity index is 302. The van der Waals surface area contributed by atoms with Gasteiger partial charge >= 0.3 is 0 Å². The van der Waals surface area contributed by atoms with Crippen LogP contribution in [0.15, 0.2) is 0 Å². The minimum absolute atomic E-state index is 0.102. The molecule has 7 heteroatoms. The van der Waals surface area contributed by atoms with E-state index >= 15 is 0 Å². The molecule has 0 radical (unpaired) electrons. The highest BCUT2D eigenvalue weighted by Gasteiger charge is 2.23. The molecule has 0 aliphatic carbocycles. The summed E-state index contributed by atoms with van der Waals surface area (Å²) in [6, 6.07) is 0.123. The van der Waals surface area contributed by atoms with E-state index in [2.05, 4.69) is 14.8 Å². The van der Waals surface area contributed by atoms with Gasteiger partial charge in [-0.3, -0.25) is 0 Å². The molecule has 1 saturated heterocycles. The van der Waals surface area contributed by atoms with Crippen LogP contribution in [0.1, 0.15) is 26.2 Å². The van der Waals surface area contributed by atoms with Crippen LogP contribution >= 0.6 is 0 Å². The smallest absolute Gasteiger partial charge is 0.277 e. The number of rotatable bonds is 7. The molecule has 0 bridgehead atoms. The fourth-order valence-corrected chi connectivity index (χ4v) is 3.04. The van der Waals surface area contributed by atoms with Crippen molar-refractivity contribution in [1.29, 1.82) is 0 Å². The Morgan fingerprint density at radius 1 is 1.47 bits per heavy atom. The van der Waals surface area contributed by atoms with E-state index in [9.17, 15) is 8.42 Å². The fourth-order valence-electron chi connectivity index (χ4n) is 1.95. The topological polar surface area (TPSA) is 79.5 Å². The van der Waals surface area contributed by atoms with Crippen LogP contribution in [-0.4, -0.2) is 47.3 Å². The summed E-state index contributed by atoms with van der Waals surface area (Å²) < 4.78 is 33.2. The number of ether oxygens (including phenoxy) is 1. The molecule has 0 aromatic rings. The molecule has 0 aromatic carbocycles. The molecule has 1 aliphatic rings. The summed E-state index contributed by atoms with van der Waals surface area (Å²) in [6.45, 7) is 3.51. The summed E-state index contributed by atoms with van der Waals surface area (Å²) in [6.07, 6.45) is 3.34. The average molecular weight is 265 g/mol. The predicted octanol–water partition coefficient (Wildman–Crippen LogP) is -0.413. The van der Waals surface area contributed by atoms with Gasteiger partial charge in [0.15, 0.2) is 0 Å². The maximum absolute atomic E-state index is 11.7. The minimum Gasteiger partial charge on any atom is -0.383 e. The van der Waals surface area contributed by atoms with E-state index in [1.54, 1.807) is 0 Å². The van der Waals surface area contributed by atoms with Gasteiger partial charge in [0.1, 0.15) is 0 Å². The zero-order valence-corrected chi connectivity index (χ0v) is 11.3. The molecular formula is C10H23N3O3S. The minimum atomic E-state index is -3.42. The number of nitrogens with one attached hydrogen (secondary N) is 3. The van der Waals surface area contributed by atoms with Gasteiger partial charge in [-0.2, -0.15) is 17.9 Å². The first-order chi connectivity index (χ1) is 8.05. The van der Waals surface area contributed by atoms with E-state index in [4.69, 9.17) is 4.74 Å². The number of piperidine rings is 1. The normalized spacial score (nSPS) is 23.5. The van der Waals surface area contributed by atoms with Crippen LogP contribution in [0.5, 0.6) is 0 Å². The van der Waals surface area contributed by atoms with Crippen molar-refractivity contribution in [3.63, 3.8) is 0 Å². The van der Waals surface area contributed by atoms with Gasteiger partial charge < -0.3 is 10.1 Å². The van der Waals surface area contributed by atoms with Crippen LogP contribution in [0.2, 0.25) is 0 Å². The second kappa shape index (κ2) is 7.27. The number of hydrogen-bond donors (Lipinski definition) is 3. The molecule has 0 amide bonds. The van der Waals surface area contributed by atoms with Gasteiger partial charge in [-0.1, -0.05) is 6.42 Å². The van der Waals surface area contributed by atoms with Crippen LogP contribution in [-0.2, 0) is 14.9 Å². The largest absolute Gasteiger partial charge is 0.383 e. The van der Waals surface area contributed by atoms with Gasteiger partial charge in [0.2, 0.25) is 0 Å². The zero-order valence-electron chi connectivity index (χ0n) is 10.5. The molecule has 1 aliphatic heterocycles. The van der Waals surface area contributed by atoms with Gasteiger partial charge in [0, 0.05) is 25.7 Å². The SMILES string of the molecule is COCCNS(=O)(=O)NC(C)C1CCCCN1. The van der Waals surface area contributed by atoms with Crippen LogP contribution in [0.4, 0.5) is 0 Å². The van der Waals surface area contributed by atoms with Gasteiger partial charge in [-0.05, 0) is 26.3 Å². The summed E-state index contributed by atoms with van der Waals surface area (Å²) in [5.41, 5.74) is 0. The Morgan fingerprint density at radius 2 is 2.24 bits per heavy atom. The molecule has 1 fully saturated rings. The van der Waals surface area contributed by atoms with Crippen LogP contribution < -0.4 is 14.8 Å². The van der Waals surface area contributed by atoms with Crippen LogP contribution in [0.25, 0.3) is 0 Å². The van der Waals surface area contributed by atoms with Crippen molar-refractivity contribution >= 4 is 10.2 Å². The lowest BCUT2D eigenvalue weighted by Gasteiger charge is -2.29. The third-order valence-electron chi connectivity index (χ3n) is 2.89. The average Bonchev–Trinajstić information content (AvgIpc) is 2.30. The van der Waals surface area contributed by atoms with Gasteiger partial charge in [0.05, 0.1) is 6.61 Å². The molecule has 102 valence electrons. The molecule has 2 unspecified atom stereocenters. The Kier molecular flexibility index (Phi) is 6.35. The summed E-state index contributed by atoms with van der Waals surface area (Å²) >= 11 is 0. The lowest BCUT2D eigenvalue weighted by atomic mass is 10.00. The summed E-state index contributed by atoms with van der Waals surface area (Å²) in [5, 5.41) is 3.33. The summed E-state index contributed by atoms with van der Waals surface area (Å²) in [5.74, 6) is 0. The van der Waals surface area contributed by atoms with Gasteiger partial charge in [0.25, 0.3) is 10.2 Å². The van der Waals surface area contributed by atoms with Crippen molar-refractivity contribution in [2.75, 3.05) is 26.8 Å². The zero-order chi connectivity index (χ0) is 12.7. The first-order valence-corrected chi connectivity index (χ1v) is 7.53. The third kappa shape index (κ3) is 5.78. The quantitative estimate of drug-likeness (QED) is 0.547. The van der Waals surface area contributed by atoms with Crippen molar-refractivity contribution in [3.8, 4) is 0 Å². The lowest BCUT2D eigenvalue weighted by molar-refractivity contribution is 0.204. The highest BCUT2D eigenvalue weighted by molar-refractivity contribution is 7.87. The Labute approximate surface area is 104 Å². The van der Waals surface area contributed by atoms with E-state index in [0.29, 0.717) is 6.61 Å². The molecule has 0 saturated carbocycles. The van der Waals surface area contributed by atoms with Crippen molar-refractivity contribution in [2.24, 2.45) is 0 Å². The molecule has 3 N–H and O–H groups in total. The highest BCUT2D eigenvalue weighted by Crippen LogP contribution is 2.10. The Balaban J connectivity index is 2.34. The molecule has 1 rings (SSSR count). The van der Waals surface area contributed by atoms with E-state index < -0.39 is 10.2 Å². The van der Waals surface area contributed by atoms with Gasteiger partial charge in [-0.25, -0.2) is 0 Å².